The normalized spacial score (nSPS) is 14.5. The van der Waals surface area contributed by atoms with Crippen LogP contribution in [0.2, 0.25) is 5.02 Å². The summed E-state index contributed by atoms with van der Waals surface area (Å²) in [5, 5.41) is 6.87. The lowest BCUT2D eigenvalue weighted by Gasteiger charge is -2.06. The van der Waals surface area contributed by atoms with Gasteiger partial charge in [0, 0.05) is 21.6 Å². The zero-order valence-corrected chi connectivity index (χ0v) is 13.3. The number of ether oxygens (including phenoxy) is 1. The van der Waals surface area contributed by atoms with Gasteiger partial charge >= 0.3 is 0 Å². The molecule has 0 N–H and O–H groups in total. The zero-order chi connectivity index (χ0) is 15.3. The molecule has 1 aliphatic rings. The van der Waals surface area contributed by atoms with Gasteiger partial charge in [-0.1, -0.05) is 16.8 Å². The minimum atomic E-state index is -0.150. The van der Waals surface area contributed by atoms with Crippen molar-refractivity contribution < 1.29 is 14.1 Å². The Morgan fingerprint density at radius 2 is 2.23 bits per heavy atom. The molecular weight excluding hydrogens is 322 g/mol. The Labute approximate surface area is 135 Å². The number of carbonyl (C=O) groups excluding carboxylic acids is 1. The molecule has 3 aromatic rings. The molecule has 0 radical (unpaired) electrons. The Balaban J connectivity index is 1.84. The first-order chi connectivity index (χ1) is 10.7. The van der Waals surface area contributed by atoms with Crippen LogP contribution in [0.5, 0.6) is 5.75 Å². The van der Waals surface area contributed by atoms with Crippen molar-refractivity contribution in [2.24, 2.45) is 0 Å². The summed E-state index contributed by atoms with van der Waals surface area (Å²) in [6, 6.07) is 3.65. The number of methoxy groups -OCH3 is 1. The molecule has 0 atom stereocenters. The number of thiophene rings is 1. The average Bonchev–Trinajstić information content (AvgIpc) is 3.10. The first kappa shape index (κ1) is 13.8. The van der Waals surface area contributed by atoms with Crippen molar-refractivity contribution in [2.75, 3.05) is 7.11 Å². The second-order valence-electron chi connectivity index (χ2n) is 5.31. The van der Waals surface area contributed by atoms with E-state index >= 15 is 0 Å². The SMILES string of the molecule is COc1csc2ccc(C(=O)c3cnoc3C3CC3)c(Cl)c12. The Hall–Kier alpha value is -1.85. The van der Waals surface area contributed by atoms with E-state index in [4.69, 9.17) is 20.9 Å². The molecule has 0 amide bonds. The van der Waals surface area contributed by atoms with Gasteiger partial charge in [0.15, 0.2) is 11.5 Å². The van der Waals surface area contributed by atoms with E-state index < -0.39 is 0 Å². The van der Waals surface area contributed by atoms with Gasteiger partial charge in [-0.2, -0.15) is 0 Å². The quantitative estimate of drug-likeness (QED) is 0.651. The molecular formula is C16H12ClNO3S. The summed E-state index contributed by atoms with van der Waals surface area (Å²) >= 11 is 8.02. The second-order valence-corrected chi connectivity index (χ2v) is 6.60. The molecule has 1 aliphatic carbocycles. The Bertz CT molecular complexity index is 879. The Morgan fingerprint density at radius 1 is 1.41 bits per heavy atom. The highest BCUT2D eigenvalue weighted by Gasteiger charge is 2.33. The van der Waals surface area contributed by atoms with Crippen LogP contribution >= 0.6 is 22.9 Å². The number of hydrogen-bond acceptors (Lipinski definition) is 5. The predicted molar refractivity (Wildman–Crippen MR) is 85.3 cm³/mol. The Kier molecular flexibility index (Phi) is 3.20. The zero-order valence-electron chi connectivity index (χ0n) is 11.8. The van der Waals surface area contributed by atoms with Gasteiger partial charge in [-0.25, -0.2) is 0 Å². The predicted octanol–water partition coefficient (Wildman–Crippen LogP) is 4.66. The van der Waals surface area contributed by atoms with Gasteiger partial charge in [-0.15, -0.1) is 11.3 Å². The summed E-state index contributed by atoms with van der Waals surface area (Å²) in [4.78, 5) is 12.8. The van der Waals surface area contributed by atoms with Crippen LogP contribution in [0.25, 0.3) is 10.1 Å². The van der Waals surface area contributed by atoms with Crippen molar-refractivity contribution >= 4 is 38.8 Å². The molecule has 0 aliphatic heterocycles. The van der Waals surface area contributed by atoms with E-state index in [1.165, 1.54) is 17.5 Å². The molecule has 22 heavy (non-hydrogen) atoms. The van der Waals surface area contributed by atoms with Crippen molar-refractivity contribution in [3.8, 4) is 5.75 Å². The summed E-state index contributed by atoms with van der Waals surface area (Å²) in [7, 11) is 1.59. The molecule has 4 nitrogen and oxygen atoms in total. The molecule has 2 heterocycles. The first-order valence-corrected chi connectivity index (χ1v) is 8.19. The molecule has 1 saturated carbocycles. The highest BCUT2D eigenvalue weighted by atomic mass is 35.5. The summed E-state index contributed by atoms with van der Waals surface area (Å²) < 4.78 is 11.6. The van der Waals surface area contributed by atoms with Gasteiger partial charge in [0.25, 0.3) is 0 Å². The molecule has 2 aromatic heterocycles. The summed E-state index contributed by atoms with van der Waals surface area (Å²) in [6.07, 6.45) is 3.57. The molecule has 0 saturated heterocycles. The van der Waals surface area contributed by atoms with Gasteiger partial charge in [-0.3, -0.25) is 4.79 Å². The number of ketones is 1. The molecule has 0 unspecified atom stereocenters. The van der Waals surface area contributed by atoms with Crippen LogP contribution in [0.1, 0.15) is 40.4 Å². The lowest BCUT2D eigenvalue weighted by molar-refractivity contribution is 0.103. The molecule has 0 bridgehead atoms. The summed E-state index contributed by atoms with van der Waals surface area (Å²) in [5.74, 6) is 1.54. The Morgan fingerprint density at radius 3 is 2.95 bits per heavy atom. The van der Waals surface area contributed by atoms with Crippen LogP contribution in [0, 0.1) is 0 Å². The fourth-order valence-electron chi connectivity index (χ4n) is 2.59. The maximum Gasteiger partial charge on any atom is 0.199 e. The maximum absolute atomic E-state index is 12.8. The molecule has 0 spiro atoms. The van der Waals surface area contributed by atoms with E-state index in [1.807, 2.05) is 11.4 Å². The highest BCUT2D eigenvalue weighted by Crippen LogP contribution is 2.43. The maximum atomic E-state index is 12.8. The van der Waals surface area contributed by atoms with Crippen LogP contribution in [-0.2, 0) is 0 Å². The van der Waals surface area contributed by atoms with Gasteiger partial charge < -0.3 is 9.26 Å². The minimum Gasteiger partial charge on any atom is -0.495 e. The molecule has 1 fully saturated rings. The van der Waals surface area contributed by atoms with Gasteiger partial charge in [0.1, 0.15) is 5.75 Å². The number of aromatic nitrogens is 1. The fraction of sp³-hybridized carbons (Fsp3) is 0.250. The number of halogens is 1. The molecule has 1 aromatic carbocycles. The summed E-state index contributed by atoms with van der Waals surface area (Å²) in [6.45, 7) is 0. The molecule has 112 valence electrons. The van der Waals surface area contributed by atoms with Crippen molar-refractivity contribution in [3.63, 3.8) is 0 Å². The lowest BCUT2D eigenvalue weighted by Crippen LogP contribution is -2.03. The monoisotopic (exact) mass is 333 g/mol. The number of hydrogen-bond donors (Lipinski definition) is 0. The van der Waals surface area contributed by atoms with Crippen LogP contribution in [-0.4, -0.2) is 18.0 Å². The van der Waals surface area contributed by atoms with E-state index in [-0.39, 0.29) is 5.78 Å². The van der Waals surface area contributed by atoms with E-state index in [1.54, 1.807) is 13.2 Å². The number of nitrogens with zero attached hydrogens (tertiary/aromatic N) is 1. The standard InChI is InChI=1S/C16H12ClNO3S/c1-20-11-7-22-12-5-4-9(14(17)13(11)12)15(19)10-6-18-21-16(10)8-2-3-8/h4-8H,2-3H2,1H3. The topological polar surface area (TPSA) is 52.3 Å². The second kappa shape index (κ2) is 5.11. The largest absolute Gasteiger partial charge is 0.495 e. The first-order valence-electron chi connectivity index (χ1n) is 6.93. The van der Waals surface area contributed by atoms with E-state index in [9.17, 15) is 4.79 Å². The van der Waals surface area contributed by atoms with Crippen molar-refractivity contribution in [1.82, 2.24) is 5.16 Å². The van der Waals surface area contributed by atoms with Crippen LogP contribution < -0.4 is 4.74 Å². The van der Waals surface area contributed by atoms with Crippen LogP contribution in [0.15, 0.2) is 28.2 Å². The third-order valence-electron chi connectivity index (χ3n) is 3.90. The van der Waals surface area contributed by atoms with E-state index in [2.05, 4.69) is 5.16 Å². The summed E-state index contributed by atoms with van der Waals surface area (Å²) in [5.41, 5.74) is 0.967. The van der Waals surface area contributed by atoms with Gasteiger partial charge in [-0.05, 0) is 25.0 Å². The molecule has 4 rings (SSSR count). The van der Waals surface area contributed by atoms with Gasteiger partial charge in [0.05, 0.1) is 29.3 Å². The fourth-order valence-corrected chi connectivity index (χ4v) is 3.91. The minimum absolute atomic E-state index is 0.150. The third-order valence-corrected chi connectivity index (χ3v) is 5.22. The third kappa shape index (κ3) is 2.04. The number of carbonyl (C=O) groups is 1. The molecule has 6 heteroatoms. The van der Waals surface area contributed by atoms with E-state index in [0.717, 1.165) is 22.9 Å². The number of fused-ring (bicyclic) bond motifs is 1. The van der Waals surface area contributed by atoms with Crippen LogP contribution in [0.3, 0.4) is 0 Å². The van der Waals surface area contributed by atoms with Crippen molar-refractivity contribution in [1.29, 1.82) is 0 Å². The number of rotatable bonds is 4. The number of benzene rings is 1. The lowest BCUT2D eigenvalue weighted by atomic mass is 10.0. The van der Waals surface area contributed by atoms with Crippen LogP contribution in [0.4, 0.5) is 0 Å². The smallest absolute Gasteiger partial charge is 0.199 e. The van der Waals surface area contributed by atoms with Crippen molar-refractivity contribution in [3.05, 3.63) is 45.6 Å². The van der Waals surface area contributed by atoms with Gasteiger partial charge in [0.2, 0.25) is 0 Å². The average molecular weight is 334 g/mol. The van der Waals surface area contributed by atoms with Crippen molar-refractivity contribution in [2.45, 2.75) is 18.8 Å². The van der Waals surface area contributed by atoms with E-state index in [0.29, 0.717) is 33.6 Å². The highest BCUT2D eigenvalue weighted by molar-refractivity contribution is 7.17.